The van der Waals surface area contributed by atoms with E-state index in [1.54, 1.807) is 0 Å². The first-order chi connectivity index (χ1) is 32.6. The van der Waals surface area contributed by atoms with Crippen LogP contribution in [0.1, 0.15) is 278 Å². The van der Waals surface area contributed by atoms with Gasteiger partial charge in [-0.15, -0.1) is 0 Å². The molecule has 12 nitrogen and oxygen atoms in total. The number of hydrogen-bond acceptors (Lipinski definition) is 11. The molecule has 0 amide bonds. The normalized spacial score (nSPS) is 18.7. The van der Waals surface area contributed by atoms with E-state index >= 15 is 0 Å². The average Bonchev–Trinajstić information content (AvgIpc) is 3.31. The van der Waals surface area contributed by atoms with Crippen LogP contribution in [0.5, 0.6) is 0 Å². The van der Waals surface area contributed by atoms with Crippen LogP contribution in [0, 0.1) is 0 Å². The standard InChI is InChI=1S/C55H102O12/c1-4-7-10-13-16-19-21-23-24-26-27-30-32-35-38-41-47(56)63-44-46(65-48(57)42-39-36-33-29-18-15-12-9-6-3)45-64-55-53(51(60)50(59)52(67-55)54(61)62)66-49(58)43-40-37-34-31-28-25-22-20-17-14-11-8-5-2/h46,50-53,55,59-60H,4-45H2,1-3H3,(H,61,62). The lowest BCUT2D eigenvalue weighted by atomic mass is 9.98. The zero-order valence-corrected chi connectivity index (χ0v) is 43.2. The highest BCUT2D eigenvalue weighted by Crippen LogP contribution is 2.26. The van der Waals surface area contributed by atoms with Gasteiger partial charge in [-0.2, -0.15) is 0 Å². The molecule has 0 aromatic heterocycles. The molecule has 0 spiro atoms. The van der Waals surface area contributed by atoms with Crippen LogP contribution in [-0.4, -0.2) is 89.2 Å². The summed E-state index contributed by atoms with van der Waals surface area (Å²) >= 11 is 0. The Hall–Kier alpha value is -2.28. The van der Waals surface area contributed by atoms with Crippen LogP contribution in [0.3, 0.4) is 0 Å². The van der Waals surface area contributed by atoms with Gasteiger partial charge in [0.2, 0.25) is 0 Å². The summed E-state index contributed by atoms with van der Waals surface area (Å²) in [5, 5.41) is 31.3. The molecule has 0 aromatic carbocycles. The predicted octanol–water partition coefficient (Wildman–Crippen LogP) is 13.6. The summed E-state index contributed by atoms with van der Waals surface area (Å²) in [5.41, 5.74) is 0. The van der Waals surface area contributed by atoms with E-state index in [2.05, 4.69) is 20.8 Å². The molecule has 6 atom stereocenters. The lowest BCUT2D eigenvalue weighted by Gasteiger charge is -2.40. The Kier molecular flexibility index (Phi) is 42.0. The van der Waals surface area contributed by atoms with Gasteiger partial charge in [-0.25, -0.2) is 4.79 Å². The van der Waals surface area contributed by atoms with Gasteiger partial charge in [-0.1, -0.05) is 239 Å². The molecule has 6 unspecified atom stereocenters. The van der Waals surface area contributed by atoms with Crippen molar-refractivity contribution in [2.24, 2.45) is 0 Å². The number of carbonyl (C=O) groups is 4. The fourth-order valence-corrected chi connectivity index (χ4v) is 8.84. The summed E-state index contributed by atoms with van der Waals surface area (Å²) < 4.78 is 28.3. The number of aliphatic carboxylic acids is 1. The zero-order chi connectivity index (χ0) is 49.0. The number of hydrogen-bond donors (Lipinski definition) is 3. The van der Waals surface area contributed by atoms with E-state index in [4.69, 9.17) is 23.7 Å². The minimum Gasteiger partial charge on any atom is -0.479 e. The van der Waals surface area contributed by atoms with Crippen molar-refractivity contribution in [3.63, 3.8) is 0 Å². The molecule has 1 rings (SSSR count). The third-order valence-corrected chi connectivity index (χ3v) is 13.2. The Labute approximate surface area is 408 Å². The molecule has 1 saturated heterocycles. The topological polar surface area (TPSA) is 175 Å². The molecular formula is C55H102O12. The molecule has 0 aromatic rings. The number of esters is 3. The smallest absolute Gasteiger partial charge is 0.335 e. The van der Waals surface area contributed by atoms with Crippen LogP contribution in [0.4, 0.5) is 0 Å². The number of carbonyl (C=O) groups excluding carboxylic acids is 3. The van der Waals surface area contributed by atoms with Crippen LogP contribution < -0.4 is 0 Å². The second-order valence-electron chi connectivity index (χ2n) is 19.6. The van der Waals surface area contributed by atoms with Crippen molar-refractivity contribution in [1.82, 2.24) is 0 Å². The molecule has 67 heavy (non-hydrogen) atoms. The molecule has 1 heterocycles. The van der Waals surface area contributed by atoms with Gasteiger partial charge in [-0.3, -0.25) is 14.4 Å². The number of aliphatic hydroxyl groups excluding tert-OH is 2. The lowest BCUT2D eigenvalue weighted by Crippen LogP contribution is -2.61. The van der Waals surface area contributed by atoms with Crippen LogP contribution >= 0.6 is 0 Å². The largest absolute Gasteiger partial charge is 0.479 e. The minimum absolute atomic E-state index is 0.0700. The van der Waals surface area contributed by atoms with Crippen molar-refractivity contribution in [2.75, 3.05) is 13.2 Å². The Morgan fingerprint density at radius 1 is 0.433 bits per heavy atom. The van der Waals surface area contributed by atoms with Crippen LogP contribution in [0.15, 0.2) is 0 Å². The summed E-state index contributed by atoms with van der Waals surface area (Å²) in [6.07, 6.45) is 33.8. The molecule has 0 saturated carbocycles. The Morgan fingerprint density at radius 3 is 1.12 bits per heavy atom. The fourth-order valence-electron chi connectivity index (χ4n) is 8.84. The second kappa shape index (κ2) is 44.9. The van der Waals surface area contributed by atoms with Gasteiger partial charge in [0.25, 0.3) is 0 Å². The number of unbranched alkanes of at least 4 members (excludes halogenated alkanes) is 34. The maximum atomic E-state index is 13.0. The van der Waals surface area contributed by atoms with Gasteiger partial charge in [0.1, 0.15) is 18.8 Å². The number of rotatable bonds is 48. The third kappa shape index (κ3) is 35.5. The van der Waals surface area contributed by atoms with Crippen molar-refractivity contribution in [1.29, 1.82) is 0 Å². The summed E-state index contributed by atoms with van der Waals surface area (Å²) in [6, 6.07) is 0. The molecule has 1 aliphatic heterocycles. The van der Waals surface area contributed by atoms with Crippen molar-refractivity contribution in [3.8, 4) is 0 Å². The van der Waals surface area contributed by atoms with Crippen LogP contribution in [-0.2, 0) is 42.9 Å². The summed E-state index contributed by atoms with van der Waals surface area (Å²) in [5.74, 6) is -3.08. The number of ether oxygens (including phenoxy) is 5. The monoisotopic (exact) mass is 955 g/mol. The van der Waals surface area contributed by atoms with Gasteiger partial charge in [0.15, 0.2) is 24.6 Å². The number of aliphatic hydroxyl groups is 2. The molecule has 0 aliphatic carbocycles. The first kappa shape index (κ1) is 62.7. The second-order valence-corrected chi connectivity index (χ2v) is 19.6. The van der Waals surface area contributed by atoms with E-state index in [-0.39, 0.29) is 25.9 Å². The molecular weight excluding hydrogens is 853 g/mol. The third-order valence-electron chi connectivity index (χ3n) is 13.2. The maximum Gasteiger partial charge on any atom is 0.335 e. The molecule has 12 heteroatoms. The molecule has 0 bridgehead atoms. The van der Waals surface area contributed by atoms with Crippen molar-refractivity contribution in [2.45, 2.75) is 314 Å². The summed E-state index contributed by atoms with van der Waals surface area (Å²) in [6.45, 7) is 5.98. The summed E-state index contributed by atoms with van der Waals surface area (Å²) in [4.78, 5) is 50.8. The van der Waals surface area contributed by atoms with Gasteiger partial charge in [-0.05, 0) is 19.3 Å². The highest BCUT2D eigenvalue weighted by molar-refractivity contribution is 5.74. The highest BCUT2D eigenvalue weighted by atomic mass is 16.7. The first-order valence-electron chi connectivity index (χ1n) is 28.0. The van der Waals surface area contributed by atoms with E-state index in [0.29, 0.717) is 19.3 Å². The van der Waals surface area contributed by atoms with Gasteiger partial charge < -0.3 is 39.0 Å². The van der Waals surface area contributed by atoms with Crippen molar-refractivity contribution >= 4 is 23.9 Å². The van der Waals surface area contributed by atoms with E-state index in [1.165, 1.54) is 161 Å². The van der Waals surface area contributed by atoms with E-state index in [9.17, 15) is 34.5 Å². The van der Waals surface area contributed by atoms with Crippen molar-refractivity contribution in [3.05, 3.63) is 0 Å². The van der Waals surface area contributed by atoms with E-state index in [1.807, 2.05) is 0 Å². The van der Waals surface area contributed by atoms with Crippen LogP contribution in [0.25, 0.3) is 0 Å². The zero-order valence-electron chi connectivity index (χ0n) is 43.2. The minimum atomic E-state index is -1.89. The van der Waals surface area contributed by atoms with Gasteiger partial charge >= 0.3 is 23.9 Å². The fraction of sp³-hybridized carbons (Fsp3) is 0.927. The van der Waals surface area contributed by atoms with E-state index < -0.39 is 67.3 Å². The first-order valence-corrected chi connectivity index (χ1v) is 28.0. The summed E-state index contributed by atoms with van der Waals surface area (Å²) in [7, 11) is 0. The SMILES string of the molecule is CCCCCCCCCCCCCCCCCC(=O)OCC(COC1OC(C(=O)O)C(O)C(O)C1OC(=O)CCCCCCCCCCCCCCC)OC(=O)CCCCCCCCCCC. The lowest BCUT2D eigenvalue weighted by molar-refractivity contribution is -0.301. The number of carboxylic acid groups (broad SMARTS) is 1. The van der Waals surface area contributed by atoms with Crippen molar-refractivity contribution < 1.29 is 58.2 Å². The van der Waals surface area contributed by atoms with Crippen LogP contribution in [0.2, 0.25) is 0 Å². The quantitative estimate of drug-likeness (QED) is 0.0299. The molecule has 3 N–H and O–H groups in total. The Morgan fingerprint density at radius 2 is 0.761 bits per heavy atom. The number of carboxylic acids is 1. The highest BCUT2D eigenvalue weighted by Gasteiger charge is 2.50. The van der Waals surface area contributed by atoms with Gasteiger partial charge in [0.05, 0.1) is 6.61 Å². The molecule has 1 aliphatic rings. The maximum absolute atomic E-state index is 13.0. The molecule has 0 radical (unpaired) electrons. The Balaban J connectivity index is 2.66. The predicted molar refractivity (Wildman–Crippen MR) is 267 cm³/mol. The Bertz CT molecular complexity index is 1180. The van der Waals surface area contributed by atoms with E-state index in [0.717, 1.165) is 57.8 Å². The average molecular weight is 955 g/mol. The van der Waals surface area contributed by atoms with Gasteiger partial charge in [0, 0.05) is 19.3 Å². The molecule has 394 valence electrons. The molecule has 1 fully saturated rings.